The molecule has 20 heavy (non-hydrogen) atoms. The molecule has 2 aromatic heterocycles. The molecule has 3 rings (SSSR count). The van der Waals surface area contributed by atoms with E-state index in [0.717, 1.165) is 37.3 Å². The Hall–Kier alpha value is -1.78. The van der Waals surface area contributed by atoms with E-state index in [1.54, 1.807) is 0 Å². The SMILES string of the molecule is CCCc1cc2n(n1)C(c1c(C)nn(C)c1C)CCN2. The fourth-order valence-corrected chi connectivity index (χ4v) is 3.19. The Balaban J connectivity index is 2.05. The third kappa shape index (κ3) is 2.01. The quantitative estimate of drug-likeness (QED) is 0.935. The van der Waals surface area contributed by atoms with Crippen molar-refractivity contribution in [3.63, 3.8) is 0 Å². The van der Waals surface area contributed by atoms with E-state index in [1.165, 1.54) is 17.0 Å². The van der Waals surface area contributed by atoms with Gasteiger partial charge in [-0.05, 0) is 26.7 Å². The molecule has 0 aromatic carbocycles. The summed E-state index contributed by atoms with van der Waals surface area (Å²) in [5.41, 5.74) is 4.88. The van der Waals surface area contributed by atoms with Gasteiger partial charge in [-0.15, -0.1) is 0 Å². The van der Waals surface area contributed by atoms with Gasteiger partial charge in [0.05, 0.1) is 17.4 Å². The van der Waals surface area contributed by atoms with Crippen LogP contribution in [0.1, 0.15) is 48.5 Å². The zero-order valence-corrected chi connectivity index (χ0v) is 12.8. The molecule has 5 nitrogen and oxygen atoms in total. The van der Waals surface area contributed by atoms with Crippen LogP contribution in [0.15, 0.2) is 6.07 Å². The molecule has 0 fully saturated rings. The van der Waals surface area contributed by atoms with Gasteiger partial charge in [0.1, 0.15) is 5.82 Å². The van der Waals surface area contributed by atoms with Crippen molar-refractivity contribution >= 4 is 5.82 Å². The lowest BCUT2D eigenvalue weighted by molar-refractivity contribution is 0.473. The number of aromatic nitrogens is 4. The number of nitrogens with one attached hydrogen (secondary N) is 1. The van der Waals surface area contributed by atoms with Gasteiger partial charge in [-0.25, -0.2) is 4.68 Å². The molecular weight excluding hydrogens is 250 g/mol. The lowest BCUT2D eigenvalue weighted by Crippen LogP contribution is -2.25. The van der Waals surface area contributed by atoms with Crippen molar-refractivity contribution in [2.24, 2.45) is 7.05 Å². The van der Waals surface area contributed by atoms with E-state index in [4.69, 9.17) is 5.10 Å². The Morgan fingerprint density at radius 2 is 2.15 bits per heavy atom. The summed E-state index contributed by atoms with van der Waals surface area (Å²) in [6.07, 6.45) is 3.24. The molecule has 0 saturated carbocycles. The average Bonchev–Trinajstić information content (AvgIpc) is 2.92. The first-order valence-corrected chi connectivity index (χ1v) is 7.44. The van der Waals surface area contributed by atoms with Gasteiger partial charge in [0.25, 0.3) is 0 Å². The third-order valence-corrected chi connectivity index (χ3v) is 4.21. The molecule has 3 heterocycles. The van der Waals surface area contributed by atoms with E-state index in [1.807, 2.05) is 11.7 Å². The van der Waals surface area contributed by atoms with Crippen molar-refractivity contribution in [2.45, 2.75) is 46.1 Å². The number of fused-ring (bicyclic) bond motifs is 1. The first kappa shape index (κ1) is 13.2. The summed E-state index contributed by atoms with van der Waals surface area (Å²) in [5, 5.41) is 12.8. The van der Waals surface area contributed by atoms with Crippen LogP contribution < -0.4 is 5.32 Å². The molecule has 1 atom stereocenters. The van der Waals surface area contributed by atoms with Crippen LogP contribution in [-0.2, 0) is 13.5 Å². The molecule has 108 valence electrons. The highest BCUT2D eigenvalue weighted by Gasteiger charge is 2.27. The molecule has 2 aromatic rings. The maximum Gasteiger partial charge on any atom is 0.125 e. The monoisotopic (exact) mass is 273 g/mol. The van der Waals surface area contributed by atoms with Crippen LogP contribution in [0.2, 0.25) is 0 Å². The highest BCUT2D eigenvalue weighted by molar-refractivity contribution is 5.42. The van der Waals surface area contributed by atoms with Crippen LogP contribution in [0.3, 0.4) is 0 Å². The Morgan fingerprint density at radius 1 is 1.35 bits per heavy atom. The average molecular weight is 273 g/mol. The van der Waals surface area contributed by atoms with Gasteiger partial charge < -0.3 is 5.32 Å². The van der Waals surface area contributed by atoms with E-state index < -0.39 is 0 Å². The predicted octanol–water partition coefficient (Wildman–Crippen LogP) is 2.59. The zero-order valence-electron chi connectivity index (χ0n) is 12.8. The topological polar surface area (TPSA) is 47.7 Å². The van der Waals surface area contributed by atoms with Crippen molar-refractivity contribution in [1.82, 2.24) is 19.6 Å². The van der Waals surface area contributed by atoms with Crippen LogP contribution in [-0.4, -0.2) is 26.1 Å². The summed E-state index contributed by atoms with van der Waals surface area (Å²) in [4.78, 5) is 0. The van der Waals surface area contributed by atoms with E-state index >= 15 is 0 Å². The lowest BCUT2D eigenvalue weighted by Gasteiger charge is -2.26. The molecule has 0 saturated heterocycles. The Kier molecular flexibility index (Phi) is 3.28. The van der Waals surface area contributed by atoms with Gasteiger partial charge in [-0.3, -0.25) is 4.68 Å². The summed E-state index contributed by atoms with van der Waals surface area (Å²) < 4.78 is 4.13. The summed E-state index contributed by atoms with van der Waals surface area (Å²) in [7, 11) is 2.01. The summed E-state index contributed by atoms with van der Waals surface area (Å²) in [5.74, 6) is 1.15. The van der Waals surface area contributed by atoms with Gasteiger partial charge in [-0.2, -0.15) is 10.2 Å². The first-order valence-electron chi connectivity index (χ1n) is 7.44. The molecule has 0 radical (unpaired) electrons. The summed E-state index contributed by atoms with van der Waals surface area (Å²) in [6, 6.07) is 2.50. The molecule has 0 bridgehead atoms. The smallest absolute Gasteiger partial charge is 0.125 e. The van der Waals surface area contributed by atoms with Crippen LogP contribution in [0.5, 0.6) is 0 Å². The van der Waals surface area contributed by atoms with Gasteiger partial charge in [0, 0.05) is 30.9 Å². The van der Waals surface area contributed by atoms with Gasteiger partial charge >= 0.3 is 0 Å². The summed E-state index contributed by atoms with van der Waals surface area (Å²) >= 11 is 0. The zero-order chi connectivity index (χ0) is 14.3. The van der Waals surface area contributed by atoms with Gasteiger partial charge in [0.2, 0.25) is 0 Å². The largest absolute Gasteiger partial charge is 0.370 e. The minimum absolute atomic E-state index is 0.311. The van der Waals surface area contributed by atoms with Crippen molar-refractivity contribution in [2.75, 3.05) is 11.9 Å². The number of hydrogen-bond acceptors (Lipinski definition) is 3. The summed E-state index contributed by atoms with van der Waals surface area (Å²) in [6.45, 7) is 7.43. The van der Waals surface area contributed by atoms with E-state index in [2.05, 4.69) is 41.9 Å². The minimum Gasteiger partial charge on any atom is -0.370 e. The molecule has 5 heteroatoms. The van der Waals surface area contributed by atoms with Crippen molar-refractivity contribution in [1.29, 1.82) is 0 Å². The van der Waals surface area contributed by atoms with E-state index in [9.17, 15) is 0 Å². The van der Waals surface area contributed by atoms with Gasteiger partial charge in [-0.1, -0.05) is 13.3 Å². The van der Waals surface area contributed by atoms with Gasteiger partial charge in [0.15, 0.2) is 0 Å². The predicted molar refractivity (Wildman–Crippen MR) is 80.1 cm³/mol. The minimum atomic E-state index is 0.311. The third-order valence-electron chi connectivity index (χ3n) is 4.21. The Labute approximate surface area is 120 Å². The van der Waals surface area contributed by atoms with Crippen molar-refractivity contribution in [3.05, 3.63) is 28.7 Å². The van der Waals surface area contributed by atoms with Crippen LogP contribution in [0.25, 0.3) is 0 Å². The molecule has 0 amide bonds. The molecule has 1 unspecified atom stereocenters. The van der Waals surface area contributed by atoms with Crippen LogP contribution in [0.4, 0.5) is 5.82 Å². The highest BCUT2D eigenvalue weighted by atomic mass is 15.4. The second kappa shape index (κ2) is 4.96. The number of hydrogen-bond donors (Lipinski definition) is 1. The number of rotatable bonds is 3. The fourth-order valence-electron chi connectivity index (χ4n) is 3.19. The Bertz CT molecular complexity index is 622. The second-order valence-corrected chi connectivity index (χ2v) is 5.65. The molecule has 0 aliphatic carbocycles. The van der Waals surface area contributed by atoms with E-state index in [0.29, 0.717) is 6.04 Å². The number of nitrogens with zero attached hydrogens (tertiary/aromatic N) is 4. The fraction of sp³-hybridized carbons (Fsp3) is 0.600. The van der Waals surface area contributed by atoms with Crippen LogP contribution in [0, 0.1) is 13.8 Å². The molecule has 1 aliphatic rings. The first-order chi connectivity index (χ1) is 9.61. The molecule has 0 spiro atoms. The Morgan fingerprint density at radius 3 is 2.80 bits per heavy atom. The van der Waals surface area contributed by atoms with Crippen LogP contribution >= 0.6 is 0 Å². The number of anilines is 1. The maximum absolute atomic E-state index is 4.81. The van der Waals surface area contributed by atoms with E-state index in [-0.39, 0.29) is 0 Å². The lowest BCUT2D eigenvalue weighted by atomic mass is 10.0. The maximum atomic E-state index is 4.81. The second-order valence-electron chi connectivity index (χ2n) is 5.65. The number of aryl methyl sites for hydroxylation is 3. The molecule has 1 aliphatic heterocycles. The molecule has 1 N–H and O–H groups in total. The molecular formula is C15H23N5. The van der Waals surface area contributed by atoms with Crippen molar-refractivity contribution in [3.8, 4) is 0 Å². The standard InChI is InChI=1S/C15H23N5/c1-5-6-12-9-14-16-8-7-13(20(14)18-12)15-10(2)17-19(4)11(15)3/h9,13,16H,5-8H2,1-4H3. The normalized spacial score (nSPS) is 17.9. The highest BCUT2D eigenvalue weighted by Crippen LogP contribution is 2.33. The van der Waals surface area contributed by atoms with Crippen molar-refractivity contribution < 1.29 is 0 Å².